The lowest BCUT2D eigenvalue weighted by Gasteiger charge is -2.18. The van der Waals surface area contributed by atoms with Crippen LogP contribution < -0.4 is 0 Å². The van der Waals surface area contributed by atoms with Crippen LogP contribution in [0.25, 0.3) is 0 Å². The van der Waals surface area contributed by atoms with Crippen LogP contribution in [0.5, 0.6) is 0 Å². The molecule has 9 heteroatoms. The monoisotopic (exact) mass is 508 g/mol. The SMILES string of the molecule is COCc1cccc(C[C@H](O)/C=C/[C@H]2[C@H](O)CC(=O)[C@@H]2CCSCCCC(=O)OCC(=O)OC)c1. The van der Waals surface area contributed by atoms with Gasteiger partial charge in [0.2, 0.25) is 0 Å². The highest BCUT2D eigenvalue weighted by atomic mass is 32.2. The minimum atomic E-state index is -0.740. The summed E-state index contributed by atoms with van der Waals surface area (Å²) in [5, 5.41) is 20.8. The average Bonchev–Trinajstić information content (AvgIpc) is 3.10. The number of aliphatic hydroxyl groups excluding tert-OH is 2. The molecular formula is C26H36O8S. The minimum absolute atomic E-state index is 0.0425. The first kappa shape index (κ1) is 29.0. The number of thioether (sulfide) groups is 1. The number of ether oxygens (including phenoxy) is 3. The molecule has 1 aliphatic rings. The number of Topliss-reactive ketones (excluding diaryl/α,β-unsaturated/α-hetero) is 1. The molecule has 0 spiro atoms. The van der Waals surface area contributed by atoms with Gasteiger partial charge in [-0.25, -0.2) is 4.79 Å². The van der Waals surface area contributed by atoms with E-state index in [0.29, 0.717) is 25.9 Å². The lowest BCUT2D eigenvalue weighted by atomic mass is 9.91. The van der Waals surface area contributed by atoms with Crippen molar-refractivity contribution >= 4 is 29.5 Å². The second kappa shape index (κ2) is 15.7. The maximum atomic E-state index is 12.4. The van der Waals surface area contributed by atoms with Crippen molar-refractivity contribution < 1.29 is 38.8 Å². The van der Waals surface area contributed by atoms with Gasteiger partial charge in [0.25, 0.3) is 0 Å². The number of hydrogen-bond donors (Lipinski definition) is 2. The molecule has 0 aliphatic heterocycles. The van der Waals surface area contributed by atoms with Crippen molar-refractivity contribution in [1.29, 1.82) is 0 Å². The van der Waals surface area contributed by atoms with Crippen LogP contribution in [-0.4, -0.2) is 72.5 Å². The topological polar surface area (TPSA) is 119 Å². The lowest BCUT2D eigenvalue weighted by Crippen LogP contribution is -2.20. The van der Waals surface area contributed by atoms with Gasteiger partial charge in [-0.2, -0.15) is 11.8 Å². The average molecular weight is 509 g/mol. The van der Waals surface area contributed by atoms with Crippen molar-refractivity contribution in [1.82, 2.24) is 0 Å². The Balaban J connectivity index is 1.74. The molecule has 0 radical (unpaired) electrons. The fraction of sp³-hybridized carbons (Fsp3) is 0.577. The molecule has 2 N–H and O–H groups in total. The summed E-state index contributed by atoms with van der Waals surface area (Å²) in [5.74, 6) is -0.150. The second-order valence-corrected chi connectivity index (χ2v) is 9.80. The third-order valence-corrected chi connectivity index (χ3v) is 6.96. The summed E-state index contributed by atoms with van der Waals surface area (Å²) in [6, 6.07) is 7.84. The maximum Gasteiger partial charge on any atom is 0.344 e. The zero-order valence-electron chi connectivity index (χ0n) is 20.4. The third kappa shape index (κ3) is 10.5. The van der Waals surface area contributed by atoms with Crippen molar-refractivity contribution in [2.75, 3.05) is 32.3 Å². The number of benzene rings is 1. The Kier molecular flexibility index (Phi) is 13.0. The van der Waals surface area contributed by atoms with Gasteiger partial charge in [0.05, 0.1) is 25.9 Å². The summed E-state index contributed by atoms with van der Waals surface area (Å²) in [5.41, 5.74) is 2.02. The van der Waals surface area contributed by atoms with Crippen LogP contribution in [0.1, 0.15) is 36.8 Å². The largest absolute Gasteiger partial charge is 0.466 e. The number of methoxy groups -OCH3 is 2. The minimum Gasteiger partial charge on any atom is -0.466 e. The fourth-order valence-electron chi connectivity index (χ4n) is 4.07. The van der Waals surface area contributed by atoms with Crippen molar-refractivity contribution in [2.45, 2.75) is 50.9 Å². The zero-order chi connectivity index (χ0) is 25.6. The van der Waals surface area contributed by atoms with E-state index in [0.717, 1.165) is 22.6 Å². The molecule has 4 atom stereocenters. The predicted molar refractivity (Wildman–Crippen MR) is 133 cm³/mol. The summed E-state index contributed by atoms with van der Waals surface area (Å²) in [7, 11) is 2.87. The molecule has 0 heterocycles. The Bertz CT molecular complexity index is 856. The number of carbonyl (C=O) groups is 3. The summed E-state index contributed by atoms with van der Waals surface area (Å²) < 4.78 is 14.4. The van der Waals surface area contributed by atoms with Crippen molar-refractivity contribution in [2.24, 2.45) is 11.8 Å². The summed E-state index contributed by atoms with van der Waals surface area (Å²) in [4.78, 5) is 34.9. The molecule has 1 fully saturated rings. The van der Waals surface area contributed by atoms with E-state index in [2.05, 4.69) is 4.74 Å². The molecule has 0 amide bonds. The Labute approximate surface area is 211 Å². The number of esters is 2. The van der Waals surface area contributed by atoms with Crippen LogP contribution in [0.3, 0.4) is 0 Å². The number of ketones is 1. The van der Waals surface area contributed by atoms with Gasteiger partial charge in [0, 0.05) is 38.2 Å². The van der Waals surface area contributed by atoms with Crippen LogP contribution in [0, 0.1) is 11.8 Å². The number of aliphatic hydroxyl groups is 2. The molecule has 0 aromatic heterocycles. The first-order valence-corrected chi connectivity index (χ1v) is 12.9. The van der Waals surface area contributed by atoms with E-state index in [4.69, 9.17) is 9.47 Å². The normalized spacial score (nSPS) is 20.8. The van der Waals surface area contributed by atoms with Gasteiger partial charge < -0.3 is 24.4 Å². The van der Waals surface area contributed by atoms with E-state index in [9.17, 15) is 24.6 Å². The first-order chi connectivity index (χ1) is 16.8. The van der Waals surface area contributed by atoms with Crippen molar-refractivity contribution in [3.63, 3.8) is 0 Å². The predicted octanol–water partition coefficient (Wildman–Crippen LogP) is 2.48. The smallest absolute Gasteiger partial charge is 0.344 e. The Hall–Kier alpha value is -2.20. The number of hydrogen-bond acceptors (Lipinski definition) is 9. The van der Waals surface area contributed by atoms with E-state index in [1.165, 1.54) is 7.11 Å². The standard InChI is InChI=1S/C26H36O8S/c1-32-16-19-6-3-5-18(13-19)14-20(27)8-9-21-22(24(29)15-23(21)28)10-12-35-11-4-7-25(30)34-17-26(31)33-2/h3,5-6,8-9,13,20-23,27-28H,4,7,10-12,14-17H2,1-2H3/b9-8+/t20-,21-,22-,23-/m1/s1. The molecular weight excluding hydrogens is 472 g/mol. The molecule has 0 unspecified atom stereocenters. The Morgan fingerprint density at radius 1 is 1.20 bits per heavy atom. The Morgan fingerprint density at radius 2 is 1.97 bits per heavy atom. The molecule has 1 aromatic rings. The van der Waals surface area contributed by atoms with Crippen molar-refractivity contribution in [3.8, 4) is 0 Å². The second-order valence-electron chi connectivity index (χ2n) is 8.57. The van der Waals surface area contributed by atoms with Gasteiger partial charge >= 0.3 is 11.9 Å². The highest BCUT2D eigenvalue weighted by Crippen LogP contribution is 2.34. The number of carbonyl (C=O) groups excluding carboxylic acids is 3. The van der Waals surface area contributed by atoms with E-state index in [-0.39, 0.29) is 37.1 Å². The van der Waals surface area contributed by atoms with Crippen LogP contribution in [0.15, 0.2) is 36.4 Å². The number of rotatable bonds is 15. The molecule has 1 aromatic carbocycles. The third-order valence-electron chi connectivity index (χ3n) is 5.86. The van der Waals surface area contributed by atoms with Gasteiger partial charge in [-0.05, 0) is 35.5 Å². The van der Waals surface area contributed by atoms with E-state index >= 15 is 0 Å². The summed E-state index contributed by atoms with van der Waals surface area (Å²) >= 11 is 1.63. The quantitative estimate of drug-likeness (QED) is 0.209. The molecule has 35 heavy (non-hydrogen) atoms. The van der Waals surface area contributed by atoms with Crippen LogP contribution in [-0.2, 0) is 41.6 Å². The maximum absolute atomic E-state index is 12.4. The van der Waals surface area contributed by atoms with Gasteiger partial charge in [-0.3, -0.25) is 9.59 Å². The van der Waals surface area contributed by atoms with E-state index in [1.54, 1.807) is 31.0 Å². The molecule has 1 saturated carbocycles. The molecule has 0 saturated heterocycles. The van der Waals surface area contributed by atoms with Gasteiger partial charge in [0.15, 0.2) is 6.61 Å². The summed E-state index contributed by atoms with van der Waals surface area (Å²) in [6.45, 7) is 0.133. The molecule has 8 nitrogen and oxygen atoms in total. The highest BCUT2D eigenvalue weighted by molar-refractivity contribution is 7.99. The fourth-order valence-corrected chi connectivity index (χ4v) is 5.05. The highest BCUT2D eigenvalue weighted by Gasteiger charge is 2.39. The summed E-state index contributed by atoms with van der Waals surface area (Å²) in [6.07, 6.45) is 4.01. The van der Waals surface area contributed by atoms with Gasteiger partial charge in [-0.15, -0.1) is 0 Å². The first-order valence-electron chi connectivity index (χ1n) is 11.8. The van der Waals surface area contributed by atoms with Crippen LogP contribution in [0.2, 0.25) is 0 Å². The van der Waals surface area contributed by atoms with E-state index < -0.39 is 24.1 Å². The lowest BCUT2D eigenvalue weighted by molar-refractivity contribution is -0.156. The van der Waals surface area contributed by atoms with Crippen molar-refractivity contribution in [3.05, 3.63) is 47.5 Å². The van der Waals surface area contributed by atoms with Crippen LogP contribution >= 0.6 is 11.8 Å². The molecule has 2 rings (SSSR count). The van der Waals surface area contributed by atoms with Crippen LogP contribution in [0.4, 0.5) is 0 Å². The molecule has 0 bridgehead atoms. The molecule has 194 valence electrons. The molecule has 1 aliphatic carbocycles. The zero-order valence-corrected chi connectivity index (χ0v) is 21.2. The van der Waals surface area contributed by atoms with E-state index in [1.807, 2.05) is 24.3 Å². The Morgan fingerprint density at radius 3 is 2.71 bits per heavy atom. The van der Waals surface area contributed by atoms with Gasteiger partial charge in [-0.1, -0.05) is 36.4 Å². The van der Waals surface area contributed by atoms with Gasteiger partial charge in [0.1, 0.15) is 5.78 Å².